The Balaban J connectivity index is 1.96. The molecule has 0 saturated carbocycles. The van der Waals surface area contributed by atoms with E-state index in [2.05, 4.69) is 5.32 Å². The van der Waals surface area contributed by atoms with Gasteiger partial charge in [-0.3, -0.25) is 4.79 Å². The van der Waals surface area contributed by atoms with Gasteiger partial charge in [-0.15, -0.1) is 0 Å². The quantitative estimate of drug-likeness (QED) is 0.532. The summed E-state index contributed by atoms with van der Waals surface area (Å²) >= 11 is 0. The first-order chi connectivity index (χ1) is 9.22. The van der Waals surface area contributed by atoms with E-state index < -0.39 is 0 Å². The molecule has 0 aliphatic rings. The Labute approximate surface area is 114 Å². The lowest BCUT2D eigenvalue weighted by Gasteiger charge is -2.05. The molecule has 1 rings (SSSR count). The summed E-state index contributed by atoms with van der Waals surface area (Å²) in [6.45, 7) is 4.03. The third-order valence-electron chi connectivity index (χ3n) is 2.81. The minimum atomic E-state index is -0.0976. The van der Waals surface area contributed by atoms with Crippen molar-refractivity contribution in [3.63, 3.8) is 0 Å². The number of esters is 1. The molecule has 0 aliphatic carbocycles. The fourth-order valence-electron chi connectivity index (χ4n) is 1.78. The molecule has 1 aromatic carbocycles. The maximum absolute atomic E-state index is 11.1. The lowest BCUT2D eigenvalue weighted by molar-refractivity contribution is -0.143. The van der Waals surface area contributed by atoms with Gasteiger partial charge in [-0.2, -0.15) is 0 Å². The number of unbranched alkanes of at least 4 members (excludes halogenated alkanes) is 2. The Bertz CT molecular complexity index is 362. The van der Waals surface area contributed by atoms with Crippen LogP contribution < -0.4 is 5.32 Å². The topological polar surface area (TPSA) is 58.6 Å². The maximum Gasteiger partial charge on any atom is 0.305 e. The first kappa shape index (κ1) is 15.5. The second-order valence-electron chi connectivity index (χ2n) is 4.46. The number of hydrogen-bond acceptors (Lipinski definition) is 4. The number of phenols is 1. The molecule has 0 radical (unpaired) electrons. The lowest BCUT2D eigenvalue weighted by atomic mass is 10.2. The minimum Gasteiger partial charge on any atom is -0.508 e. The van der Waals surface area contributed by atoms with E-state index in [-0.39, 0.29) is 5.97 Å². The first-order valence-corrected chi connectivity index (χ1v) is 6.86. The highest BCUT2D eigenvalue weighted by atomic mass is 16.5. The van der Waals surface area contributed by atoms with Gasteiger partial charge in [0.25, 0.3) is 0 Å². The molecule has 106 valence electrons. The number of aromatic hydroxyl groups is 1. The number of benzene rings is 1. The van der Waals surface area contributed by atoms with E-state index in [1.165, 1.54) is 0 Å². The molecule has 0 aromatic heterocycles. The highest BCUT2D eigenvalue weighted by Gasteiger charge is 2.00. The van der Waals surface area contributed by atoms with Crippen molar-refractivity contribution in [1.82, 2.24) is 5.32 Å². The Kier molecular flexibility index (Phi) is 7.66. The van der Waals surface area contributed by atoms with Crippen LogP contribution >= 0.6 is 0 Å². The van der Waals surface area contributed by atoms with Crippen LogP contribution in [0.5, 0.6) is 5.75 Å². The Morgan fingerprint density at radius 1 is 1.21 bits per heavy atom. The van der Waals surface area contributed by atoms with E-state index in [0.717, 1.165) is 37.9 Å². The van der Waals surface area contributed by atoms with Crippen molar-refractivity contribution >= 4 is 5.97 Å². The van der Waals surface area contributed by atoms with Crippen molar-refractivity contribution in [2.75, 3.05) is 13.2 Å². The molecule has 0 atom stereocenters. The van der Waals surface area contributed by atoms with E-state index in [0.29, 0.717) is 18.8 Å². The molecular weight excluding hydrogens is 242 g/mol. The molecule has 0 saturated heterocycles. The van der Waals surface area contributed by atoms with Crippen molar-refractivity contribution in [3.05, 3.63) is 29.8 Å². The number of rotatable bonds is 9. The van der Waals surface area contributed by atoms with E-state index in [1.54, 1.807) is 12.1 Å². The second-order valence-corrected chi connectivity index (χ2v) is 4.46. The molecule has 0 bridgehead atoms. The number of ether oxygens (including phenoxy) is 1. The summed E-state index contributed by atoms with van der Waals surface area (Å²) in [5.41, 5.74) is 1.16. The Morgan fingerprint density at radius 3 is 2.63 bits per heavy atom. The SMILES string of the molecule is CCOC(=O)CCCCCNCc1ccc(O)cc1. The van der Waals surface area contributed by atoms with Gasteiger partial charge in [0.1, 0.15) is 5.75 Å². The van der Waals surface area contributed by atoms with Crippen molar-refractivity contribution in [1.29, 1.82) is 0 Å². The molecule has 0 amide bonds. The van der Waals surface area contributed by atoms with E-state index in [9.17, 15) is 4.79 Å². The van der Waals surface area contributed by atoms with Crippen LogP contribution in [0.3, 0.4) is 0 Å². The molecule has 0 fully saturated rings. The molecule has 4 heteroatoms. The fourth-order valence-corrected chi connectivity index (χ4v) is 1.78. The summed E-state index contributed by atoms with van der Waals surface area (Å²) in [4.78, 5) is 11.1. The third kappa shape index (κ3) is 7.47. The van der Waals surface area contributed by atoms with Gasteiger partial charge in [-0.25, -0.2) is 0 Å². The van der Waals surface area contributed by atoms with Crippen LogP contribution in [0.15, 0.2) is 24.3 Å². The third-order valence-corrected chi connectivity index (χ3v) is 2.81. The van der Waals surface area contributed by atoms with Crippen LogP contribution in [-0.2, 0) is 16.1 Å². The van der Waals surface area contributed by atoms with Gasteiger partial charge in [-0.1, -0.05) is 18.6 Å². The summed E-state index contributed by atoms with van der Waals surface area (Å²) in [7, 11) is 0. The van der Waals surface area contributed by atoms with Gasteiger partial charge in [0.15, 0.2) is 0 Å². The van der Waals surface area contributed by atoms with Gasteiger partial charge in [-0.05, 0) is 44.0 Å². The van der Waals surface area contributed by atoms with Gasteiger partial charge < -0.3 is 15.2 Å². The average molecular weight is 265 g/mol. The minimum absolute atomic E-state index is 0.0976. The predicted molar refractivity (Wildman–Crippen MR) is 74.9 cm³/mol. The fraction of sp³-hybridized carbons (Fsp3) is 0.533. The average Bonchev–Trinajstić information content (AvgIpc) is 2.40. The van der Waals surface area contributed by atoms with E-state index >= 15 is 0 Å². The zero-order valence-electron chi connectivity index (χ0n) is 11.5. The van der Waals surface area contributed by atoms with Gasteiger partial charge in [0.2, 0.25) is 0 Å². The zero-order chi connectivity index (χ0) is 13.9. The Hall–Kier alpha value is -1.55. The highest BCUT2D eigenvalue weighted by molar-refractivity contribution is 5.69. The monoisotopic (exact) mass is 265 g/mol. The van der Waals surface area contributed by atoms with Crippen LogP contribution in [0.25, 0.3) is 0 Å². The van der Waals surface area contributed by atoms with Crippen LogP contribution in [0, 0.1) is 0 Å². The van der Waals surface area contributed by atoms with Crippen molar-refractivity contribution in [2.24, 2.45) is 0 Å². The van der Waals surface area contributed by atoms with Crippen molar-refractivity contribution in [3.8, 4) is 5.75 Å². The molecule has 19 heavy (non-hydrogen) atoms. The predicted octanol–water partition coefficient (Wildman–Crippen LogP) is 2.61. The second kappa shape index (κ2) is 9.39. The van der Waals surface area contributed by atoms with E-state index in [1.807, 2.05) is 19.1 Å². The van der Waals surface area contributed by atoms with Crippen LogP contribution in [0.1, 0.15) is 38.2 Å². The number of nitrogens with one attached hydrogen (secondary N) is 1. The van der Waals surface area contributed by atoms with Crippen LogP contribution in [0.4, 0.5) is 0 Å². The summed E-state index contributed by atoms with van der Waals surface area (Å²) in [6, 6.07) is 7.19. The molecule has 2 N–H and O–H groups in total. The smallest absolute Gasteiger partial charge is 0.305 e. The van der Waals surface area contributed by atoms with Gasteiger partial charge >= 0.3 is 5.97 Å². The number of hydrogen-bond donors (Lipinski definition) is 2. The molecule has 0 aliphatic heterocycles. The molecular formula is C15H23NO3. The maximum atomic E-state index is 11.1. The highest BCUT2D eigenvalue weighted by Crippen LogP contribution is 2.09. The number of carbonyl (C=O) groups is 1. The molecule has 0 heterocycles. The van der Waals surface area contributed by atoms with Crippen molar-refractivity contribution < 1.29 is 14.6 Å². The molecule has 0 unspecified atom stereocenters. The van der Waals surface area contributed by atoms with E-state index in [4.69, 9.17) is 9.84 Å². The molecule has 0 spiro atoms. The normalized spacial score (nSPS) is 10.4. The molecule has 4 nitrogen and oxygen atoms in total. The van der Waals surface area contributed by atoms with Crippen LogP contribution in [0.2, 0.25) is 0 Å². The first-order valence-electron chi connectivity index (χ1n) is 6.86. The summed E-state index contributed by atoms with van der Waals surface area (Å²) in [5.74, 6) is 0.197. The lowest BCUT2D eigenvalue weighted by Crippen LogP contribution is -2.14. The van der Waals surface area contributed by atoms with Gasteiger partial charge in [0.05, 0.1) is 6.61 Å². The zero-order valence-corrected chi connectivity index (χ0v) is 11.5. The largest absolute Gasteiger partial charge is 0.508 e. The Morgan fingerprint density at radius 2 is 1.95 bits per heavy atom. The number of phenolic OH excluding ortho intramolecular Hbond substituents is 1. The van der Waals surface area contributed by atoms with Crippen molar-refractivity contribution in [2.45, 2.75) is 39.2 Å². The summed E-state index contributed by atoms with van der Waals surface area (Å²) < 4.78 is 4.86. The standard InChI is InChI=1S/C15H23NO3/c1-2-19-15(18)6-4-3-5-11-16-12-13-7-9-14(17)10-8-13/h7-10,16-17H,2-6,11-12H2,1H3. The number of carbonyl (C=O) groups excluding carboxylic acids is 1. The van der Waals surface area contributed by atoms with Crippen LogP contribution in [-0.4, -0.2) is 24.2 Å². The summed E-state index contributed by atoms with van der Waals surface area (Å²) in [6.07, 6.45) is 3.49. The summed E-state index contributed by atoms with van der Waals surface area (Å²) in [5, 5.41) is 12.5. The van der Waals surface area contributed by atoms with Gasteiger partial charge in [0, 0.05) is 13.0 Å². The molecule has 1 aromatic rings.